The number of hydrogen-bond acceptors (Lipinski definition) is 7. The second-order valence-electron chi connectivity index (χ2n) is 9.43. The van der Waals surface area contributed by atoms with Crippen molar-refractivity contribution in [1.82, 2.24) is 9.71 Å². The van der Waals surface area contributed by atoms with Crippen molar-refractivity contribution < 1.29 is 27.8 Å². The maximum Gasteiger partial charge on any atom is 0.240 e. The van der Waals surface area contributed by atoms with E-state index in [4.69, 9.17) is 9.47 Å². The first-order valence-corrected chi connectivity index (χ1v) is 13.8. The molecule has 3 N–H and O–H groups in total. The number of hydrogen-bond donors (Lipinski definition) is 3. The zero-order valence-electron chi connectivity index (χ0n) is 21.2. The molecule has 0 saturated heterocycles. The van der Waals surface area contributed by atoms with Crippen LogP contribution in [0.4, 0.5) is 5.82 Å². The number of anilines is 1. The van der Waals surface area contributed by atoms with Crippen LogP contribution in [0.3, 0.4) is 0 Å². The van der Waals surface area contributed by atoms with E-state index in [2.05, 4.69) is 15.0 Å². The quantitative estimate of drug-likeness (QED) is 0.404. The Morgan fingerprint density at radius 1 is 1.19 bits per heavy atom. The number of amides is 1. The van der Waals surface area contributed by atoms with Crippen molar-refractivity contribution in [2.75, 3.05) is 18.7 Å². The van der Waals surface area contributed by atoms with Crippen molar-refractivity contribution in [3.05, 3.63) is 66.1 Å². The van der Waals surface area contributed by atoms with Crippen LogP contribution in [0.2, 0.25) is 0 Å². The van der Waals surface area contributed by atoms with Gasteiger partial charge >= 0.3 is 0 Å². The zero-order valence-corrected chi connectivity index (χ0v) is 22.0. The first-order valence-electron chi connectivity index (χ1n) is 12.4. The van der Waals surface area contributed by atoms with Gasteiger partial charge in [-0.05, 0) is 62.4 Å². The number of pyridine rings is 1. The number of benzene rings is 1. The zero-order chi connectivity index (χ0) is 26.6. The fraction of sp³-hybridized carbons (Fsp3) is 0.407. The molecule has 2 heterocycles. The summed E-state index contributed by atoms with van der Waals surface area (Å²) in [6.07, 6.45) is 5.91. The average molecular weight is 528 g/mol. The van der Waals surface area contributed by atoms with E-state index in [9.17, 15) is 18.3 Å². The van der Waals surface area contributed by atoms with Crippen molar-refractivity contribution in [2.24, 2.45) is 11.3 Å². The van der Waals surface area contributed by atoms with Gasteiger partial charge in [-0.25, -0.2) is 18.1 Å². The molecule has 4 rings (SSSR count). The summed E-state index contributed by atoms with van der Waals surface area (Å²) in [5.41, 5.74) is 0.829. The molecule has 2 atom stereocenters. The molecule has 0 bridgehead atoms. The van der Waals surface area contributed by atoms with E-state index in [0.717, 1.165) is 18.6 Å². The van der Waals surface area contributed by atoms with Gasteiger partial charge in [0.25, 0.3) is 0 Å². The van der Waals surface area contributed by atoms with E-state index < -0.39 is 21.5 Å². The number of allylic oxidation sites excluding steroid dienone is 3. The van der Waals surface area contributed by atoms with E-state index in [1.807, 2.05) is 26.0 Å². The molecule has 1 aliphatic heterocycles. The maximum atomic E-state index is 13.2. The van der Waals surface area contributed by atoms with Crippen LogP contribution >= 0.6 is 0 Å². The van der Waals surface area contributed by atoms with E-state index in [0.29, 0.717) is 29.3 Å². The fourth-order valence-corrected chi connectivity index (χ4v) is 5.52. The first-order chi connectivity index (χ1) is 17.7. The highest BCUT2D eigenvalue weighted by Crippen LogP contribution is 2.53. The Hall–Kier alpha value is -3.21. The summed E-state index contributed by atoms with van der Waals surface area (Å²) in [6.45, 7) is 5.61. The molecular formula is C27H33N3O6S. The van der Waals surface area contributed by atoms with Crippen LogP contribution in [0, 0.1) is 11.3 Å². The summed E-state index contributed by atoms with van der Waals surface area (Å²) in [5, 5.41) is 12.3. The first kappa shape index (κ1) is 26.8. The van der Waals surface area contributed by atoms with Gasteiger partial charge in [0.1, 0.15) is 11.6 Å². The number of aromatic nitrogens is 1. The molecule has 1 aliphatic carbocycles. The molecule has 1 saturated carbocycles. The predicted octanol–water partition coefficient (Wildman–Crippen LogP) is 3.94. The lowest BCUT2D eigenvalue weighted by Crippen LogP contribution is -2.36. The maximum absolute atomic E-state index is 13.2. The summed E-state index contributed by atoms with van der Waals surface area (Å²) < 4.78 is 38.4. The smallest absolute Gasteiger partial charge is 0.240 e. The molecule has 198 valence electrons. The molecule has 37 heavy (non-hydrogen) atoms. The number of aliphatic hydroxyl groups is 1. The molecule has 1 amide bonds. The van der Waals surface area contributed by atoms with Gasteiger partial charge in [0, 0.05) is 11.6 Å². The number of ether oxygens (including phenoxy) is 2. The van der Waals surface area contributed by atoms with Gasteiger partial charge < -0.3 is 19.9 Å². The molecule has 10 heteroatoms. The van der Waals surface area contributed by atoms with Crippen LogP contribution in [0.25, 0.3) is 11.3 Å². The minimum atomic E-state index is -3.75. The number of rotatable bonds is 11. The molecule has 9 nitrogen and oxygen atoms in total. The second-order valence-corrected chi connectivity index (χ2v) is 11.1. The molecule has 1 fully saturated rings. The molecule has 1 aromatic heterocycles. The third kappa shape index (κ3) is 6.03. The lowest BCUT2D eigenvalue weighted by Gasteiger charge is -2.20. The van der Waals surface area contributed by atoms with Crippen LogP contribution < -0.4 is 10.0 Å². The van der Waals surface area contributed by atoms with Gasteiger partial charge in [0.2, 0.25) is 22.7 Å². The van der Waals surface area contributed by atoms with Gasteiger partial charge in [-0.1, -0.05) is 38.1 Å². The molecular weight excluding hydrogens is 494 g/mol. The van der Waals surface area contributed by atoms with Crippen LogP contribution in [0.5, 0.6) is 0 Å². The highest BCUT2D eigenvalue weighted by atomic mass is 32.2. The number of nitrogens with one attached hydrogen (secondary N) is 2. The minimum Gasteiger partial charge on any atom is -0.458 e. The molecule has 2 aromatic rings. The Balaban J connectivity index is 1.44. The Kier molecular flexibility index (Phi) is 8.01. The third-order valence-corrected chi connectivity index (χ3v) is 8.51. The van der Waals surface area contributed by atoms with Crippen molar-refractivity contribution in [3.8, 4) is 11.3 Å². The topological polar surface area (TPSA) is 127 Å². The van der Waals surface area contributed by atoms with E-state index in [1.54, 1.807) is 37.3 Å². The summed E-state index contributed by atoms with van der Waals surface area (Å²) in [7, 11) is -3.75. The van der Waals surface area contributed by atoms with Crippen LogP contribution in [-0.4, -0.2) is 43.9 Å². The number of carbonyl (C=O) groups is 1. The van der Waals surface area contributed by atoms with Crippen molar-refractivity contribution in [1.29, 1.82) is 0 Å². The lowest BCUT2D eigenvalue weighted by molar-refractivity contribution is -0.122. The monoisotopic (exact) mass is 527 g/mol. The molecule has 0 radical (unpaired) electrons. The number of nitrogens with zero attached hydrogens (tertiary/aromatic N) is 1. The van der Waals surface area contributed by atoms with E-state index in [-0.39, 0.29) is 30.1 Å². The van der Waals surface area contributed by atoms with Gasteiger partial charge in [-0.15, -0.1) is 0 Å². The van der Waals surface area contributed by atoms with Crippen molar-refractivity contribution in [2.45, 2.75) is 51.0 Å². The highest BCUT2D eigenvalue weighted by Gasteiger charge is 2.53. The van der Waals surface area contributed by atoms with Crippen molar-refractivity contribution in [3.63, 3.8) is 0 Å². The van der Waals surface area contributed by atoms with Crippen molar-refractivity contribution >= 4 is 21.7 Å². The van der Waals surface area contributed by atoms with Gasteiger partial charge in [0.05, 0.1) is 22.6 Å². The summed E-state index contributed by atoms with van der Waals surface area (Å²) in [5.74, 6) is 1.77. The summed E-state index contributed by atoms with van der Waals surface area (Å²) in [4.78, 5) is 17.9. The highest BCUT2D eigenvalue weighted by molar-refractivity contribution is 7.89. The second kappa shape index (κ2) is 11.0. The third-order valence-electron chi connectivity index (χ3n) is 6.97. The SMILES string of the molecule is CC[C@H](CO)NS(=O)(=O)c1ccc(-c2cccc(NC(=O)C3(C(C)/C=C\C4=C(C)OCO4)CC3)n2)cc1. The van der Waals surface area contributed by atoms with Gasteiger partial charge in [-0.3, -0.25) is 4.79 Å². The Morgan fingerprint density at radius 2 is 1.92 bits per heavy atom. The number of aliphatic hydroxyl groups excluding tert-OH is 1. The summed E-state index contributed by atoms with van der Waals surface area (Å²) >= 11 is 0. The fourth-order valence-electron chi connectivity index (χ4n) is 4.21. The molecule has 2 aliphatic rings. The predicted molar refractivity (Wildman–Crippen MR) is 139 cm³/mol. The van der Waals surface area contributed by atoms with Crippen LogP contribution in [0.1, 0.15) is 40.0 Å². The normalized spacial score (nSPS) is 18.3. The molecule has 1 unspecified atom stereocenters. The minimum absolute atomic E-state index is 0.00132. The van der Waals surface area contributed by atoms with Crippen LogP contribution in [-0.2, 0) is 24.3 Å². The Bertz CT molecular complexity index is 1300. The largest absolute Gasteiger partial charge is 0.458 e. The molecule has 0 spiro atoms. The van der Waals surface area contributed by atoms with Gasteiger partial charge in [0.15, 0.2) is 5.76 Å². The van der Waals surface area contributed by atoms with Crippen LogP contribution in [0.15, 0.2) is 71.0 Å². The number of carbonyl (C=O) groups excluding carboxylic acids is 1. The standard InChI is InChI=1S/C27H33N3O6S/c1-4-21(16-31)30-37(33,34)22-11-9-20(10-12-22)23-6-5-7-25(28-23)29-26(32)27(14-15-27)18(2)8-13-24-19(3)35-17-36-24/h5-13,18,21,30-31H,4,14-17H2,1-3H3,(H,28,29,32)/b13-8-/t18?,21-/m1/s1. The lowest BCUT2D eigenvalue weighted by atomic mass is 9.89. The molecule has 1 aromatic carbocycles. The Labute approximate surface area is 217 Å². The summed E-state index contributed by atoms with van der Waals surface area (Å²) in [6, 6.07) is 11.1. The Morgan fingerprint density at radius 3 is 2.51 bits per heavy atom. The number of sulfonamides is 1. The van der Waals surface area contributed by atoms with Gasteiger partial charge in [-0.2, -0.15) is 0 Å². The van der Waals surface area contributed by atoms with E-state index in [1.165, 1.54) is 12.1 Å². The average Bonchev–Trinajstić information content (AvgIpc) is 3.62. The van der Waals surface area contributed by atoms with E-state index >= 15 is 0 Å².